The van der Waals surface area contributed by atoms with Crippen LogP contribution in [0.4, 0.5) is 4.79 Å². The van der Waals surface area contributed by atoms with Gasteiger partial charge in [0, 0.05) is 38.8 Å². The van der Waals surface area contributed by atoms with E-state index in [4.69, 9.17) is 9.47 Å². The first kappa shape index (κ1) is 22.0. The van der Waals surface area contributed by atoms with E-state index in [1.807, 2.05) is 38.1 Å². The second kappa shape index (κ2) is 11.5. The molecule has 0 aromatic heterocycles. The van der Waals surface area contributed by atoms with Crippen LogP contribution in [0.15, 0.2) is 24.3 Å². The van der Waals surface area contributed by atoms with Gasteiger partial charge in [-0.2, -0.15) is 0 Å². The van der Waals surface area contributed by atoms with Crippen LogP contribution in [0.3, 0.4) is 0 Å². The Morgan fingerprint density at radius 1 is 1.07 bits per heavy atom. The molecule has 1 aliphatic rings. The van der Waals surface area contributed by atoms with Gasteiger partial charge in [-0.3, -0.25) is 19.9 Å². The molecule has 0 aliphatic carbocycles. The average molecular weight is 393 g/mol. The van der Waals surface area contributed by atoms with Crippen molar-refractivity contribution in [2.75, 3.05) is 53.0 Å². The number of amides is 3. The number of hydrogen-bond acceptors (Lipinski definition) is 6. The summed E-state index contributed by atoms with van der Waals surface area (Å²) in [5.41, 5.74) is 0. The number of nitrogens with one attached hydrogen (secondary N) is 2. The van der Waals surface area contributed by atoms with Crippen molar-refractivity contribution in [2.24, 2.45) is 0 Å². The van der Waals surface area contributed by atoms with Gasteiger partial charge in [0.1, 0.15) is 18.1 Å². The van der Waals surface area contributed by atoms with Gasteiger partial charge in [-0.25, -0.2) is 4.79 Å². The van der Waals surface area contributed by atoms with E-state index in [1.165, 1.54) is 0 Å². The molecule has 0 bridgehead atoms. The molecule has 1 fully saturated rings. The molecule has 0 radical (unpaired) electrons. The maximum Gasteiger partial charge on any atom is 0.321 e. The van der Waals surface area contributed by atoms with Gasteiger partial charge >= 0.3 is 6.03 Å². The third-order valence-corrected chi connectivity index (χ3v) is 4.81. The lowest BCUT2D eigenvalue weighted by Crippen LogP contribution is -2.52. The number of nitrogens with zero attached hydrogens (tertiary/aromatic N) is 2. The molecule has 8 nitrogen and oxygen atoms in total. The Balaban J connectivity index is 1.60. The Bertz CT molecular complexity index is 615. The molecule has 1 heterocycles. The summed E-state index contributed by atoms with van der Waals surface area (Å²) >= 11 is 0. The second-order valence-corrected chi connectivity index (χ2v) is 6.97. The lowest BCUT2D eigenvalue weighted by atomic mass is 10.3. The Morgan fingerprint density at radius 2 is 1.68 bits per heavy atom. The molecule has 1 atom stereocenters. The maximum absolute atomic E-state index is 12.0. The molecular formula is C20H32N4O4. The van der Waals surface area contributed by atoms with Gasteiger partial charge in [-0.15, -0.1) is 0 Å². The summed E-state index contributed by atoms with van der Waals surface area (Å²) in [5, 5.41) is 5.12. The van der Waals surface area contributed by atoms with Gasteiger partial charge in [-0.1, -0.05) is 6.92 Å². The first-order valence-electron chi connectivity index (χ1n) is 9.82. The zero-order valence-electron chi connectivity index (χ0n) is 17.1. The van der Waals surface area contributed by atoms with Gasteiger partial charge in [-0.05, 0) is 37.6 Å². The van der Waals surface area contributed by atoms with Crippen molar-refractivity contribution in [1.82, 2.24) is 20.4 Å². The molecule has 2 rings (SSSR count). The van der Waals surface area contributed by atoms with E-state index in [2.05, 4.69) is 20.4 Å². The summed E-state index contributed by atoms with van der Waals surface area (Å²) in [6, 6.07) is 7.18. The molecule has 1 aromatic carbocycles. The maximum atomic E-state index is 12.0. The third kappa shape index (κ3) is 7.74. The van der Waals surface area contributed by atoms with Crippen molar-refractivity contribution >= 4 is 11.9 Å². The van der Waals surface area contributed by atoms with Crippen LogP contribution < -0.4 is 20.1 Å². The Hall–Kier alpha value is -2.32. The molecule has 28 heavy (non-hydrogen) atoms. The van der Waals surface area contributed by atoms with Crippen LogP contribution in [0, 0.1) is 0 Å². The zero-order valence-corrected chi connectivity index (χ0v) is 17.1. The number of piperazine rings is 1. The molecule has 0 unspecified atom stereocenters. The van der Waals surface area contributed by atoms with Crippen molar-refractivity contribution in [3.63, 3.8) is 0 Å². The normalized spacial score (nSPS) is 16.2. The molecule has 1 aromatic rings. The predicted octanol–water partition coefficient (Wildman–Crippen LogP) is 1.32. The van der Waals surface area contributed by atoms with Crippen molar-refractivity contribution in [3.8, 4) is 11.5 Å². The van der Waals surface area contributed by atoms with Gasteiger partial charge in [0.2, 0.25) is 5.91 Å². The highest BCUT2D eigenvalue weighted by atomic mass is 16.5. The van der Waals surface area contributed by atoms with Gasteiger partial charge in [0.15, 0.2) is 0 Å². The Labute approximate surface area is 167 Å². The number of benzene rings is 1. The third-order valence-electron chi connectivity index (χ3n) is 4.81. The lowest BCUT2D eigenvalue weighted by molar-refractivity contribution is -0.121. The van der Waals surface area contributed by atoms with Crippen molar-refractivity contribution in [2.45, 2.75) is 26.3 Å². The van der Waals surface area contributed by atoms with Crippen molar-refractivity contribution in [3.05, 3.63) is 24.3 Å². The van der Waals surface area contributed by atoms with Crippen LogP contribution in [0.25, 0.3) is 0 Å². The number of rotatable bonds is 9. The molecule has 0 saturated carbocycles. The number of urea groups is 1. The Kier molecular flexibility index (Phi) is 9.03. The highest BCUT2D eigenvalue weighted by Crippen LogP contribution is 2.16. The van der Waals surface area contributed by atoms with Gasteiger partial charge in [0.05, 0.1) is 13.7 Å². The van der Waals surface area contributed by atoms with Crippen LogP contribution in [-0.2, 0) is 4.79 Å². The van der Waals surface area contributed by atoms with E-state index in [0.29, 0.717) is 6.61 Å². The van der Waals surface area contributed by atoms with Gasteiger partial charge < -0.3 is 14.8 Å². The van der Waals surface area contributed by atoms with Crippen LogP contribution in [0.1, 0.15) is 20.3 Å². The summed E-state index contributed by atoms with van der Waals surface area (Å²) in [7, 11) is 1.64. The molecule has 8 heteroatoms. The number of methoxy groups -OCH3 is 1. The van der Waals surface area contributed by atoms with Crippen LogP contribution >= 0.6 is 0 Å². The summed E-state index contributed by atoms with van der Waals surface area (Å²) < 4.78 is 10.9. The predicted molar refractivity (Wildman–Crippen MR) is 108 cm³/mol. The smallest absolute Gasteiger partial charge is 0.321 e. The minimum absolute atomic E-state index is 0.0523. The number of carbonyl (C=O) groups excluding carboxylic acids is 2. The van der Waals surface area contributed by atoms with E-state index in [-0.39, 0.29) is 18.5 Å². The monoisotopic (exact) mass is 392 g/mol. The van der Waals surface area contributed by atoms with Crippen LogP contribution in [0.5, 0.6) is 11.5 Å². The molecule has 2 N–H and O–H groups in total. The summed E-state index contributed by atoms with van der Waals surface area (Å²) in [6.07, 6.45) is 0.825. The molecule has 156 valence electrons. The quantitative estimate of drug-likeness (QED) is 0.660. The fourth-order valence-corrected chi connectivity index (χ4v) is 2.87. The fraction of sp³-hybridized carbons (Fsp3) is 0.600. The first-order valence-corrected chi connectivity index (χ1v) is 9.82. The zero-order chi connectivity index (χ0) is 20.4. The van der Waals surface area contributed by atoms with Crippen molar-refractivity contribution < 1.29 is 19.1 Å². The molecule has 3 amide bonds. The topological polar surface area (TPSA) is 83.1 Å². The summed E-state index contributed by atoms with van der Waals surface area (Å²) in [4.78, 5) is 28.1. The standard InChI is InChI=1S/C20H32N4O4/c1-4-16(2)21-20(26)22-19(25)15-24-11-9-23(10-12-24)13-14-28-18-7-5-17(27-3)6-8-18/h5-8,16H,4,9-15H2,1-3H3,(H2,21,22,25,26)/t16-/m1/s1. The molecule has 1 aliphatic heterocycles. The van der Waals surface area contributed by atoms with E-state index in [0.717, 1.165) is 50.6 Å². The molecule has 0 spiro atoms. The number of hydrogen-bond donors (Lipinski definition) is 2. The van der Waals surface area contributed by atoms with E-state index >= 15 is 0 Å². The Morgan fingerprint density at radius 3 is 2.29 bits per heavy atom. The first-order chi connectivity index (χ1) is 13.5. The van der Waals surface area contributed by atoms with Gasteiger partial charge in [0.25, 0.3) is 0 Å². The minimum Gasteiger partial charge on any atom is -0.497 e. The van der Waals surface area contributed by atoms with E-state index in [1.54, 1.807) is 7.11 Å². The number of imide groups is 1. The van der Waals surface area contributed by atoms with Crippen LogP contribution in [-0.4, -0.2) is 80.8 Å². The minimum atomic E-state index is -0.423. The highest BCUT2D eigenvalue weighted by Gasteiger charge is 2.20. The van der Waals surface area contributed by atoms with Crippen LogP contribution in [0.2, 0.25) is 0 Å². The van der Waals surface area contributed by atoms with E-state index < -0.39 is 6.03 Å². The summed E-state index contributed by atoms with van der Waals surface area (Å²) in [6.45, 7) is 8.91. The average Bonchev–Trinajstić information content (AvgIpc) is 2.69. The SMILES string of the molecule is CC[C@@H](C)NC(=O)NC(=O)CN1CCN(CCOc2ccc(OC)cc2)CC1. The molecular weight excluding hydrogens is 360 g/mol. The summed E-state index contributed by atoms with van der Waals surface area (Å²) in [5.74, 6) is 1.37. The number of ether oxygens (including phenoxy) is 2. The largest absolute Gasteiger partial charge is 0.497 e. The molecule has 1 saturated heterocycles. The lowest BCUT2D eigenvalue weighted by Gasteiger charge is -2.34. The van der Waals surface area contributed by atoms with Crippen molar-refractivity contribution in [1.29, 1.82) is 0 Å². The second-order valence-electron chi connectivity index (χ2n) is 6.97. The van der Waals surface area contributed by atoms with E-state index in [9.17, 15) is 9.59 Å². The highest BCUT2D eigenvalue weighted by molar-refractivity contribution is 5.95. The fourth-order valence-electron chi connectivity index (χ4n) is 2.87. The number of carbonyl (C=O) groups is 2.